The Morgan fingerprint density at radius 2 is 2.12 bits per heavy atom. The molecule has 0 saturated heterocycles. The molecule has 0 aliphatic carbocycles. The summed E-state index contributed by atoms with van der Waals surface area (Å²) in [6.45, 7) is 9.74. The lowest BCUT2D eigenvalue weighted by molar-refractivity contribution is 0.647. The van der Waals surface area contributed by atoms with Crippen molar-refractivity contribution >= 4 is 36.1 Å². The second kappa shape index (κ2) is 8.32. The van der Waals surface area contributed by atoms with E-state index in [4.69, 9.17) is 6.42 Å². The Bertz CT molecular complexity index is 786. The van der Waals surface area contributed by atoms with Crippen molar-refractivity contribution in [3.05, 3.63) is 22.1 Å². The molecular weight excluding hydrogens is 354 g/mol. The second-order valence-electron chi connectivity index (χ2n) is 7.15. The molecule has 0 N–H and O–H groups in total. The smallest absolute Gasteiger partial charge is 0.266 e. The van der Waals surface area contributed by atoms with E-state index in [0.29, 0.717) is 4.96 Å². The van der Waals surface area contributed by atoms with Gasteiger partial charge in [0.05, 0.1) is 6.20 Å². The van der Waals surface area contributed by atoms with Crippen LogP contribution in [-0.4, -0.2) is 28.4 Å². The van der Waals surface area contributed by atoms with E-state index in [1.165, 1.54) is 47.7 Å². The van der Waals surface area contributed by atoms with Crippen LogP contribution in [0.5, 0.6) is 0 Å². The van der Waals surface area contributed by atoms with Gasteiger partial charge in [-0.15, -0.1) is 11.5 Å². The first-order valence-electron chi connectivity index (χ1n) is 8.31. The molecule has 1 atom stereocenters. The number of nitrogens with zero attached hydrogens (tertiary/aromatic N) is 3. The fourth-order valence-electron chi connectivity index (χ4n) is 2.25. The lowest BCUT2D eigenvalue weighted by Crippen LogP contribution is -2.25. The minimum absolute atomic E-state index is 0.255. The van der Waals surface area contributed by atoms with Crippen molar-refractivity contribution < 1.29 is 0 Å². The van der Waals surface area contributed by atoms with Gasteiger partial charge in [-0.05, 0) is 12.0 Å². The van der Waals surface area contributed by atoms with Gasteiger partial charge in [0.15, 0.2) is 4.34 Å². The highest BCUT2D eigenvalue weighted by atomic mass is 32.2. The average Bonchev–Trinajstić information content (AvgIpc) is 2.94. The zero-order valence-electron chi connectivity index (χ0n) is 14.8. The molecule has 0 spiro atoms. The Balaban J connectivity index is 1.79. The summed E-state index contributed by atoms with van der Waals surface area (Å²) < 4.78 is 2.20. The third-order valence-corrected chi connectivity index (χ3v) is 9.80. The predicted molar refractivity (Wildman–Crippen MR) is 107 cm³/mol. The maximum absolute atomic E-state index is 12.1. The summed E-state index contributed by atoms with van der Waals surface area (Å²) in [7, 11) is -0.981. The summed E-state index contributed by atoms with van der Waals surface area (Å²) in [5.74, 6) is 3.37. The maximum Gasteiger partial charge on any atom is 0.290 e. The second-order valence-corrected chi connectivity index (χ2v) is 15.2. The molecule has 0 aliphatic heterocycles. The van der Waals surface area contributed by atoms with Crippen molar-refractivity contribution in [3.63, 3.8) is 0 Å². The predicted octanol–water partition coefficient (Wildman–Crippen LogP) is 4.51. The molecule has 0 bridgehead atoms. The number of unbranched alkanes of at least 4 members (excludes halogenated alkanes) is 2. The first-order valence-corrected chi connectivity index (χ1v) is 13.7. The van der Waals surface area contributed by atoms with Crippen LogP contribution >= 0.6 is 23.1 Å². The van der Waals surface area contributed by atoms with Crippen molar-refractivity contribution in [2.24, 2.45) is 0 Å². The molecule has 0 aliphatic rings. The fourth-order valence-corrected chi connectivity index (χ4v) is 5.28. The van der Waals surface area contributed by atoms with Gasteiger partial charge in [-0.25, -0.2) is 4.98 Å². The molecule has 0 aromatic carbocycles. The number of hydrogen-bond donors (Lipinski definition) is 0. The van der Waals surface area contributed by atoms with Crippen LogP contribution in [0, 0.1) is 12.3 Å². The molecule has 7 heteroatoms. The lowest BCUT2D eigenvalue weighted by atomic mass is 10.2. The van der Waals surface area contributed by atoms with E-state index in [2.05, 4.69) is 42.6 Å². The Hall–Kier alpha value is -1.10. The topological polar surface area (TPSA) is 47.3 Å². The zero-order valence-corrected chi connectivity index (χ0v) is 17.5. The van der Waals surface area contributed by atoms with E-state index >= 15 is 0 Å². The Kier molecular flexibility index (Phi) is 6.67. The molecule has 4 nitrogen and oxygen atoms in total. The number of hydrogen-bond acceptors (Lipinski definition) is 5. The van der Waals surface area contributed by atoms with E-state index < -0.39 is 8.07 Å². The quantitative estimate of drug-likeness (QED) is 0.293. The Morgan fingerprint density at radius 3 is 2.79 bits per heavy atom. The van der Waals surface area contributed by atoms with Crippen molar-refractivity contribution in [2.75, 3.05) is 5.75 Å². The fraction of sp³-hybridized carbons (Fsp3) is 0.588. The van der Waals surface area contributed by atoms with Gasteiger partial charge in [0.25, 0.3) is 5.56 Å². The summed E-state index contributed by atoms with van der Waals surface area (Å²) in [4.78, 5) is 16.9. The molecule has 0 radical (unpaired) electrons. The number of aromatic nitrogens is 3. The minimum atomic E-state index is -0.981. The lowest BCUT2D eigenvalue weighted by Gasteiger charge is -2.24. The monoisotopic (exact) mass is 379 g/mol. The van der Waals surface area contributed by atoms with E-state index in [0.717, 1.165) is 15.6 Å². The molecule has 2 heterocycles. The standard InChI is InChI=1S/C17H25N3OS2Si/c1-6-14-12-18-16-20(15(14)21)19-17(23-16)22-11-9-7-8-10-13(2)24(3,4)5/h1,12-13H,7-11H2,2-5H3. The van der Waals surface area contributed by atoms with E-state index in [1.54, 1.807) is 11.8 Å². The highest BCUT2D eigenvalue weighted by molar-refractivity contribution is 8.01. The van der Waals surface area contributed by atoms with Crippen molar-refractivity contribution in [3.8, 4) is 12.3 Å². The molecule has 0 amide bonds. The summed E-state index contributed by atoms with van der Waals surface area (Å²) >= 11 is 3.14. The number of fused-ring (bicyclic) bond motifs is 1. The normalized spacial score (nSPS) is 13.1. The van der Waals surface area contributed by atoms with Gasteiger partial charge in [-0.3, -0.25) is 4.79 Å². The molecule has 1 unspecified atom stereocenters. The largest absolute Gasteiger partial charge is 0.290 e. The SMILES string of the molecule is C#Cc1cnc2sc(SCCCCCC(C)[Si](C)(C)C)nn2c1=O. The minimum Gasteiger partial charge on any atom is -0.266 e. The van der Waals surface area contributed by atoms with Crippen LogP contribution in [0.1, 0.15) is 38.2 Å². The first-order chi connectivity index (χ1) is 11.3. The van der Waals surface area contributed by atoms with E-state index in [9.17, 15) is 4.79 Å². The van der Waals surface area contributed by atoms with E-state index in [-0.39, 0.29) is 11.1 Å². The molecule has 2 aromatic rings. The van der Waals surface area contributed by atoms with Gasteiger partial charge in [0, 0.05) is 13.8 Å². The van der Waals surface area contributed by atoms with Crippen LogP contribution < -0.4 is 5.56 Å². The van der Waals surface area contributed by atoms with Crippen LogP contribution in [-0.2, 0) is 0 Å². The summed E-state index contributed by atoms with van der Waals surface area (Å²) in [6, 6.07) is 0. The van der Waals surface area contributed by atoms with Crippen molar-refractivity contribution in [1.82, 2.24) is 14.6 Å². The highest BCUT2D eigenvalue weighted by Crippen LogP contribution is 2.28. The van der Waals surface area contributed by atoms with Gasteiger partial charge in [0.1, 0.15) is 5.56 Å². The van der Waals surface area contributed by atoms with Crippen LogP contribution in [0.3, 0.4) is 0 Å². The van der Waals surface area contributed by atoms with Crippen molar-refractivity contribution in [1.29, 1.82) is 0 Å². The zero-order chi connectivity index (χ0) is 17.7. The van der Waals surface area contributed by atoms with Crippen LogP contribution in [0.4, 0.5) is 0 Å². The Labute approximate surface area is 153 Å². The maximum atomic E-state index is 12.1. The third-order valence-electron chi connectivity index (χ3n) is 4.41. The molecule has 2 rings (SSSR count). The van der Waals surface area contributed by atoms with Crippen LogP contribution in [0.15, 0.2) is 15.3 Å². The molecule has 0 saturated carbocycles. The van der Waals surface area contributed by atoms with Gasteiger partial charge < -0.3 is 0 Å². The van der Waals surface area contributed by atoms with Crippen LogP contribution in [0.25, 0.3) is 4.96 Å². The number of thioether (sulfide) groups is 1. The van der Waals surface area contributed by atoms with Gasteiger partial charge in [0.2, 0.25) is 4.96 Å². The third kappa shape index (κ3) is 4.95. The van der Waals surface area contributed by atoms with E-state index in [1.807, 2.05) is 0 Å². The Morgan fingerprint density at radius 1 is 1.38 bits per heavy atom. The van der Waals surface area contributed by atoms with Crippen LogP contribution in [0.2, 0.25) is 25.2 Å². The van der Waals surface area contributed by atoms with Gasteiger partial charge >= 0.3 is 0 Å². The van der Waals surface area contributed by atoms with Gasteiger partial charge in [-0.2, -0.15) is 4.52 Å². The number of rotatable bonds is 8. The first kappa shape index (κ1) is 19.2. The summed E-state index contributed by atoms with van der Waals surface area (Å²) in [6.07, 6.45) is 11.8. The molecule has 2 aromatic heterocycles. The summed E-state index contributed by atoms with van der Waals surface area (Å²) in [5, 5.41) is 4.33. The van der Waals surface area contributed by atoms with Gasteiger partial charge in [-0.1, -0.05) is 74.8 Å². The number of terminal acetylenes is 1. The van der Waals surface area contributed by atoms with Crippen molar-refractivity contribution in [2.45, 2.75) is 62.1 Å². The molecule has 24 heavy (non-hydrogen) atoms. The average molecular weight is 380 g/mol. The molecule has 0 fully saturated rings. The molecule has 130 valence electrons. The summed E-state index contributed by atoms with van der Waals surface area (Å²) in [5.41, 5.74) is 0.884. The molecular formula is C17H25N3OS2Si. The highest BCUT2D eigenvalue weighted by Gasteiger charge is 2.21.